The molecular formula is C14H20O2S. The first-order valence-electron chi connectivity index (χ1n) is 6.25. The molecule has 1 fully saturated rings. The molecule has 94 valence electrons. The first kappa shape index (κ1) is 12.8. The first-order valence-corrected chi connectivity index (χ1v) is 7.40. The van der Waals surface area contributed by atoms with E-state index in [-0.39, 0.29) is 12.5 Å². The molecule has 2 rings (SSSR count). The lowest BCUT2D eigenvalue weighted by atomic mass is 10.0. The summed E-state index contributed by atoms with van der Waals surface area (Å²) in [6, 6.07) is 8.12. The second kappa shape index (κ2) is 6.31. The molecule has 1 aromatic carbocycles. The van der Waals surface area contributed by atoms with Crippen molar-refractivity contribution < 1.29 is 9.84 Å². The Bertz CT molecular complexity index is 348. The molecule has 0 amide bonds. The Morgan fingerprint density at radius 2 is 2.18 bits per heavy atom. The SMILES string of the molecule is CC(CO)c1cccc(OC2CCSCC2)c1. The van der Waals surface area contributed by atoms with Crippen molar-refractivity contribution in [3.8, 4) is 5.75 Å². The fourth-order valence-electron chi connectivity index (χ4n) is 1.99. The average Bonchev–Trinajstić information content (AvgIpc) is 2.39. The van der Waals surface area contributed by atoms with Crippen molar-refractivity contribution in [3.63, 3.8) is 0 Å². The van der Waals surface area contributed by atoms with E-state index in [0.717, 1.165) is 24.2 Å². The number of hydrogen-bond donors (Lipinski definition) is 1. The molecule has 1 aliphatic heterocycles. The number of ether oxygens (including phenoxy) is 1. The van der Waals surface area contributed by atoms with Crippen molar-refractivity contribution >= 4 is 11.8 Å². The minimum Gasteiger partial charge on any atom is -0.490 e. The van der Waals surface area contributed by atoms with E-state index < -0.39 is 0 Å². The lowest BCUT2D eigenvalue weighted by Crippen LogP contribution is -2.22. The zero-order valence-electron chi connectivity index (χ0n) is 10.3. The van der Waals surface area contributed by atoms with E-state index in [1.54, 1.807) is 0 Å². The van der Waals surface area contributed by atoms with Gasteiger partial charge in [-0.2, -0.15) is 11.8 Å². The first-order chi connectivity index (χ1) is 8.29. The monoisotopic (exact) mass is 252 g/mol. The summed E-state index contributed by atoms with van der Waals surface area (Å²) in [6.45, 7) is 2.21. The summed E-state index contributed by atoms with van der Waals surface area (Å²) in [7, 11) is 0. The third kappa shape index (κ3) is 3.65. The predicted molar refractivity (Wildman–Crippen MR) is 72.9 cm³/mol. The Labute approximate surface area is 107 Å². The Kier molecular flexibility index (Phi) is 4.75. The van der Waals surface area contributed by atoms with Crippen LogP contribution < -0.4 is 4.74 Å². The van der Waals surface area contributed by atoms with Crippen LogP contribution >= 0.6 is 11.8 Å². The van der Waals surface area contributed by atoms with Gasteiger partial charge in [0.1, 0.15) is 11.9 Å². The van der Waals surface area contributed by atoms with Crippen LogP contribution in [-0.2, 0) is 0 Å². The minimum absolute atomic E-state index is 0.181. The van der Waals surface area contributed by atoms with Crippen molar-refractivity contribution in [1.82, 2.24) is 0 Å². The number of benzene rings is 1. The summed E-state index contributed by atoms with van der Waals surface area (Å²) in [5.41, 5.74) is 1.15. The molecular weight excluding hydrogens is 232 g/mol. The average molecular weight is 252 g/mol. The van der Waals surface area contributed by atoms with Crippen LogP contribution in [0.15, 0.2) is 24.3 Å². The Morgan fingerprint density at radius 1 is 1.41 bits per heavy atom. The zero-order valence-corrected chi connectivity index (χ0v) is 11.1. The highest BCUT2D eigenvalue weighted by molar-refractivity contribution is 7.99. The summed E-state index contributed by atoms with van der Waals surface area (Å²) >= 11 is 2.01. The number of thioether (sulfide) groups is 1. The minimum atomic E-state index is 0.181. The molecule has 1 aliphatic rings. The maximum Gasteiger partial charge on any atom is 0.120 e. The van der Waals surface area contributed by atoms with Crippen molar-refractivity contribution in [1.29, 1.82) is 0 Å². The summed E-state index contributed by atoms with van der Waals surface area (Å²) in [4.78, 5) is 0. The predicted octanol–water partition coefficient (Wildman–Crippen LogP) is 3.06. The van der Waals surface area contributed by atoms with Gasteiger partial charge in [-0.25, -0.2) is 0 Å². The summed E-state index contributed by atoms with van der Waals surface area (Å²) in [5.74, 6) is 3.54. The van der Waals surface area contributed by atoms with Gasteiger partial charge in [0.25, 0.3) is 0 Å². The summed E-state index contributed by atoms with van der Waals surface area (Å²) < 4.78 is 6.00. The van der Waals surface area contributed by atoms with Crippen LogP contribution in [0.25, 0.3) is 0 Å². The Balaban J connectivity index is 2.00. The molecule has 1 heterocycles. The zero-order chi connectivity index (χ0) is 12.1. The second-order valence-electron chi connectivity index (χ2n) is 4.59. The molecule has 0 spiro atoms. The maximum atomic E-state index is 9.16. The van der Waals surface area contributed by atoms with Crippen molar-refractivity contribution in [2.75, 3.05) is 18.1 Å². The third-order valence-electron chi connectivity index (χ3n) is 3.17. The molecule has 0 aromatic heterocycles. The number of aliphatic hydroxyl groups excluding tert-OH is 1. The van der Waals surface area contributed by atoms with Crippen molar-refractivity contribution in [3.05, 3.63) is 29.8 Å². The van der Waals surface area contributed by atoms with E-state index in [9.17, 15) is 0 Å². The van der Waals surface area contributed by atoms with Gasteiger partial charge < -0.3 is 9.84 Å². The van der Waals surface area contributed by atoms with Crippen molar-refractivity contribution in [2.45, 2.75) is 31.8 Å². The molecule has 1 unspecified atom stereocenters. The van der Waals surface area contributed by atoms with E-state index >= 15 is 0 Å². The quantitative estimate of drug-likeness (QED) is 0.893. The Hall–Kier alpha value is -0.670. The van der Waals surface area contributed by atoms with Gasteiger partial charge in [0, 0.05) is 12.5 Å². The van der Waals surface area contributed by atoms with E-state index in [2.05, 4.69) is 6.07 Å². The summed E-state index contributed by atoms with van der Waals surface area (Å²) in [6.07, 6.45) is 2.66. The van der Waals surface area contributed by atoms with Gasteiger partial charge in [0.15, 0.2) is 0 Å². The molecule has 17 heavy (non-hydrogen) atoms. The molecule has 3 heteroatoms. The van der Waals surface area contributed by atoms with Gasteiger partial charge in [-0.3, -0.25) is 0 Å². The molecule has 1 N–H and O–H groups in total. The highest BCUT2D eigenvalue weighted by atomic mass is 32.2. The second-order valence-corrected chi connectivity index (χ2v) is 5.81. The van der Waals surface area contributed by atoms with Crippen LogP contribution in [0.5, 0.6) is 5.75 Å². The fraction of sp³-hybridized carbons (Fsp3) is 0.571. The summed E-state index contributed by atoms with van der Waals surface area (Å²) in [5, 5.41) is 9.16. The van der Waals surface area contributed by atoms with Crippen LogP contribution in [0.3, 0.4) is 0 Å². The normalized spacial score (nSPS) is 18.9. The fourth-order valence-corrected chi connectivity index (χ4v) is 3.05. The van der Waals surface area contributed by atoms with Crippen LogP contribution in [0.2, 0.25) is 0 Å². The molecule has 1 atom stereocenters. The molecule has 1 saturated heterocycles. The molecule has 1 aromatic rings. The standard InChI is InChI=1S/C14H20O2S/c1-11(10-15)12-3-2-4-14(9-12)16-13-5-7-17-8-6-13/h2-4,9,11,13,15H,5-8,10H2,1H3. The van der Waals surface area contributed by atoms with E-state index in [0.29, 0.717) is 6.10 Å². The van der Waals surface area contributed by atoms with Crippen LogP contribution in [0.1, 0.15) is 31.2 Å². The molecule has 0 radical (unpaired) electrons. The molecule has 0 bridgehead atoms. The third-order valence-corrected chi connectivity index (χ3v) is 4.22. The van der Waals surface area contributed by atoms with Gasteiger partial charge in [0.05, 0.1) is 0 Å². The number of hydrogen-bond acceptors (Lipinski definition) is 3. The van der Waals surface area contributed by atoms with Gasteiger partial charge in [0.2, 0.25) is 0 Å². The molecule has 0 saturated carbocycles. The van der Waals surface area contributed by atoms with Gasteiger partial charge in [-0.1, -0.05) is 19.1 Å². The Morgan fingerprint density at radius 3 is 2.88 bits per heavy atom. The van der Waals surface area contributed by atoms with E-state index in [1.165, 1.54) is 11.5 Å². The molecule has 0 aliphatic carbocycles. The highest BCUT2D eigenvalue weighted by Crippen LogP contribution is 2.25. The van der Waals surface area contributed by atoms with E-state index in [4.69, 9.17) is 9.84 Å². The van der Waals surface area contributed by atoms with Gasteiger partial charge in [-0.15, -0.1) is 0 Å². The van der Waals surface area contributed by atoms with Gasteiger partial charge >= 0.3 is 0 Å². The van der Waals surface area contributed by atoms with Crippen molar-refractivity contribution in [2.24, 2.45) is 0 Å². The lowest BCUT2D eigenvalue weighted by molar-refractivity contribution is 0.192. The van der Waals surface area contributed by atoms with Crippen LogP contribution in [0.4, 0.5) is 0 Å². The highest BCUT2D eigenvalue weighted by Gasteiger charge is 2.15. The maximum absolute atomic E-state index is 9.16. The van der Waals surface area contributed by atoms with Crippen LogP contribution in [0, 0.1) is 0 Å². The van der Waals surface area contributed by atoms with Gasteiger partial charge in [-0.05, 0) is 42.0 Å². The lowest BCUT2D eigenvalue weighted by Gasteiger charge is -2.23. The smallest absolute Gasteiger partial charge is 0.120 e. The van der Waals surface area contributed by atoms with Crippen LogP contribution in [-0.4, -0.2) is 29.3 Å². The number of aliphatic hydroxyl groups is 1. The molecule has 2 nitrogen and oxygen atoms in total. The van der Waals surface area contributed by atoms with E-state index in [1.807, 2.05) is 36.9 Å². The largest absolute Gasteiger partial charge is 0.490 e. The number of rotatable bonds is 4. The topological polar surface area (TPSA) is 29.5 Å².